The van der Waals surface area contributed by atoms with Crippen LogP contribution in [0.4, 0.5) is 0 Å². The molecule has 1 unspecified atom stereocenters. The molecule has 0 fully saturated rings. The summed E-state index contributed by atoms with van der Waals surface area (Å²) in [6, 6.07) is 3.99. The fraction of sp³-hybridized carbons (Fsp3) is 0.500. The second-order valence-corrected chi connectivity index (χ2v) is 4.94. The Morgan fingerprint density at radius 1 is 1.21 bits per heavy atom. The molecule has 0 aliphatic rings. The van der Waals surface area contributed by atoms with E-state index in [0.29, 0.717) is 12.1 Å². The smallest absolute Gasteiger partial charge is 0.254 e. The third-order valence-corrected chi connectivity index (χ3v) is 2.91. The Balaban J connectivity index is 2.94. The maximum atomic E-state index is 12.4. The molecule has 1 atom stereocenters. The standard InChI is InChI=1S/C14H22N2O3/c1-5-16(10(2)9-15(3)4)14(19)11-6-12(17)8-13(18)7-11/h6-8,10,17-18H,5,9H2,1-4H3. The molecule has 0 saturated carbocycles. The van der Waals surface area contributed by atoms with Gasteiger partial charge in [-0.25, -0.2) is 0 Å². The maximum Gasteiger partial charge on any atom is 0.254 e. The zero-order valence-electron chi connectivity index (χ0n) is 11.9. The maximum absolute atomic E-state index is 12.4. The summed E-state index contributed by atoms with van der Waals surface area (Å²) in [4.78, 5) is 16.1. The summed E-state index contributed by atoms with van der Waals surface area (Å²) in [7, 11) is 3.91. The first kappa shape index (κ1) is 15.3. The van der Waals surface area contributed by atoms with E-state index < -0.39 is 0 Å². The number of nitrogens with zero attached hydrogens (tertiary/aromatic N) is 2. The van der Waals surface area contributed by atoms with Gasteiger partial charge in [0, 0.05) is 30.8 Å². The zero-order valence-corrected chi connectivity index (χ0v) is 11.9. The van der Waals surface area contributed by atoms with Gasteiger partial charge in [-0.05, 0) is 40.1 Å². The Hall–Kier alpha value is -1.75. The molecule has 0 spiro atoms. The number of phenols is 2. The average Bonchev–Trinajstić information content (AvgIpc) is 2.27. The van der Waals surface area contributed by atoms with E-state index in [1.807, 2.05) is 32.8 Å². The Morgan fingerprint density at radius 2 is 1.74 bits per heavy atom. The van der Waals surface area contributed by atoms with Gasteiger partial charge < -0.3 is 20.0 Å². The molecule has 0 saturated heterocycles. The topological polar surface area (TPSA) is 64.0 Å². The molecule has 0 aliphatic carbocycles. The number of phenolic OH excluding ortho intramolecular Hbond substituents is 2. The predicted molar refractivity (Wildman–Crippen MR) is 74.5 cm³/mol. The fourth-order valence-electron chi connectivity index (χ4n) is 2.17. The highest BCUT2D eigenvalue weighted by Crippen LogP contribution is 2.22. The van der Waals surface area contributed by atoms with Crippen molar-refractivity contribution in [2.75, 3.05) is 27.2 Å². The van der Waals surface area contributed by atoms with E-state index >= 15 is 0 Å². The Kier molecular flexibility index (Phi) is 5.18. The lowest BCUT2D eigenvalue weighted by Crippen LogP contribution is -2.43. The van der Waals surface area contributed by atoms with Gasteiger partial charge in [-0.3, -0.25) is 4.79 Å². The lowest BCUT2D eigenvalue weighted by molar-refractivity contribution is 0.0678. The number of carbonyl (C=O) groups excluding carboxylic acids is 1. The van der Waals surface area contributed by atoms with Crippen molar-refractivity contribution in [2.24, 2.45) is 0 Å². The number of rotatable bonds is 5. The van der Waals surface area contributed by atoms with Crippen molar-refractivity contribution in [3.05, 3.63) is 23.8 Å². The SMILES string of the molecule is CCN(C(=O)c1cc(O)cc(O)c1)C(C)CN(C)C. The van der Waals surface area contributed by atoms with E-state index in [4.69, 9.17) is 0 Å². The molecule has 0 bridgehead atoms. The van der Waals surface area contributed by atoms with E-state index in [1.165, 1.54) is 18.2 Å². The van der Waals surface area contributed by atoms with E-state index in [2.05, 4.69) is 0 Å². The van der Waals surface area contributed by atoms with Crippen molar-refractivity contribution in [1.82, 2.24) is 9.80 Å². The number of likely N-dealkylation sites (N-methyl/N-ethyl adjacent to an activating group) is 2. The molecule has 5 heteroatoms. The molecule has 5 nitrogen and oxygen atoms in total. The number of benzene rings is 1. The molecular formula is C14H22N2O3. The van der Waals surface area contributed by atoms with Crippen LogP contribution >= 0.6 is 0 Å². The van der Waals surface area contributed by atoms with E-state index in [1.54, 1.807) is 4.90 Å². The minimum atomic E-state index is -0.192. The second kappa shape index (κ2) is 6.43. The van der Waals surface area contributed by atoms with Crippen LogP contribution in [-0.4, -0.2) is 59.1 Å². The number of carbonyl (C=O) groups is 1. The normalized spacial score (nSPS) is 12.5. The number of aromatic hydroxyl groups is 2. The van der Waals surface area contributed by atoms with Gasteiger partial charge >= 0.3 is 0 Å². The summed E-state index contributed by atoms with van der Waals surface area (Å²) in [5.41, 5.74) is 0.296. The summed E-state index contributed by atoms with van der Waals surface area (Å²) in [6.07, 6.45) is 0. The van der Waals surface area contributed by atoms with Crippen molar-refractivity contribution in [2.45, 2.75) is 19.9 Å². The first-order valence-corrected chi connectivity index (χ1v) is 6.33. The van der Waals surface area contributed by atoms with E-state index in [9.17, 15) is 15.0 Å². The minimum absolute atomic E-state index is 0.0528. The van der Waals surface area contributed by atoms with Crippen LogP contribution in [0, 0.1) is 0 Å². The lowest BCUT2D eigenvalue weighted by atomic mass is 10.1. The summed E-state index contributed by atoms with van der Waals surface area (Å²) in [5.74, 6) is -0.414. The molecular weight excluding hydrogens is 244 g/mol. The molecule has 0 radical (unpaired) electrons. The largest absolute Gasteiger partial charge is 0.508 e. The first-order chi connectivity index (χ1) is 8.85. The number of amides is 1. The van der Waals surface area contributed by atoms with Crippen molar-refractivity contribution < 1.29 is 15.0 Å². The quantitative estimate of drug-likeness (QED) is 0.848. The van der Waals surface area contributed by atoms with Gasteiger partial charge in [0.25, 0.3) is 5.91 Å². The molecule has 19 heavy (non-hydrogen) atoms. The molecule has 1 rings (SSSR count). The minimum Gasteiger partial charge on any atom is -0.508 e. The number of hydrogen-bond acceptors (Lipinski definition) is 4. The van der Waals surface area contributed by atoms with Crippen LogP contribution in [0.5, 0.6) is 11.5 Å². The molecule has 2 N–H and O–H groups in total. The van der Waals surface area contributed by atoms with Crippen molar-refractivity contribution in [3.63, 3.8) is 0 Å². The van der Waals surface area contributed by atoms with Crippen LogP contribution in [0.3, 0.4) is 0 Å². The molecule has 1 amide bonds. The van der Waals surface area contributed by atoms with Gasteiger partial charge in [0.05, 0.1) is 0 Å². The highest BCUT2D eigenvalue weighted by atomic mass is 16.3. The van der Waals surface area contributed by atoms with Crippen LogP contribution in [0.2, 0.25) is 0 Å². The van der Waals surface area contributed by atoms with E-state index in [-0.39, 0.29) is 23.4 Å². The second-order valence-electron chi connectivity index (χ2n) is 4.94. The highest BCUT2D eigenvalue weighted by Gasteiger charge is 2.21. The summed E-state index contributed by atoms with van der Waals surface area (Å²) >= 11 is 0. The molecule has 1 aromatic rings. The van der Waals surface area contributed by atoms with Crippen LogP contribution in [0.25, 0.3) is 0 Å². The third-order valence-electron chi connectivity index (χ3n) is 2.91. The third kappa shape index (κ3) is 4.13. The van der Waals surface area contributed by atoms with Crippen molar-refractivity contribution in [1.29, 1.82) is 0 Å². The van der Waals surface area contributed by atoms with Gasteiger partial charge in [-0.2, -0.15) is 0 Å². The Morgan fingerprint density at radius 3 is 2.16 bits per heavy atom. The fourth-order valence-corrected chi connectivity index (χ4v) is 2.17. The summed E-state index contributed by atoms with van der Waals surface area (Å²) in [5, 5.41) is 18.9. The summed E-state index contributed by atoms with van der Waals surface area (Å²) < 4.78 is 0. The molecule has 0 heterocycles. The summed E-state index contributed by atoms with van der Waals surface area (Å²) in [6.45, 7) is 5.21. The first-order valence-electron chi connectivity index (χ1n) is 6.33. The predicted octanol–water partition coefficient (Wildman–Crippen LogP) is 1.51. The zero-order chi connectivity index (χ0) is 14.6. The van der Waals surface area contributed by atoms with Crippen LogP contribution in [0.1, 0.15) is 24.2 Å². The van der Waals surface area contributed by atoms with Gasteiger partial charge in [0.2, 0.25) is 0 Å². The highest BCUT2D eigenvalue weighted by molar-refractivity contribution is 5.95. The Bertz CT molecular complexity index is 426. The van der Waals surface area contributed by atoms with Crippen LogP contribution < -0.4 is 0 Å². The van der Waals surface area contributed by atoms with Crippen LogP contribution in [-0.2, 0) is 0 Å². The number of hydrogen-bond donors (Lipinski definition) is 2. The average molecular weight is 266 g/mol. The molecule has 0 aromatic heterocycles. The van der Waals surface area contributed by atoms with E-state index in [0.717, 1.165) is 6.54 Å². The van der Waals surface area contributed by atoms with Crippen LogP contribution in [0.15, 0.2) is 18.2 Å². The molecule has 106 valence electrons. The lowest BCUT2D eigenvalue weighted by Gasteiger charge is -2.30. The van der Waals surface area contributed by atoms with Gasteiger partial charge in [0.1, 0.15) is 11.5 Å². The molecule has 0 aliphatic heterocycles. The van der Waals surface area contributed by atoms with Gasteiger partial charge in [-0.15, -0.1) is 0 Å². The van der Waals surface area contributed by atoms with Gasteiger partial charge in [-0.1, -0.05) is 0 Å². The van der Waals surface area contributed by atoms with Crippen molar-refractivity contribution >= 4 is 5.91 Å². The van der Waals surface area contributed by atoms with Crippen molar-refractivity contribution in [3.8, 4) is 11.5 Å². The van der Waals surface area contributed by atoms with Gasteiger partial charge in [0.15, 0.2) is 0 Å². The monoisotopic (exact) mass is 266 g/mol. The molecule has 1 aromatic carbocycles. The Labute approximate surface area is 114 Å².